The summed E-state index contributed by atoms with van der Waals surface area (Å²) in [6.45, 7) is 5.48. The van der Waals surface area contributed by atoms with E-state index in [2.05, 4.69) is 10.6 Å². The van der Waals surface area contributed by atoms with Crippen LogP contribution in [0, 0.1) is 0 Å². The fraction of sp³-hybridized carbons (Fsp3) is 0.467. The lowest BCUT2D eigenvalue weighted by atomic mass is 10.1. The van der Waals surface area contributed by atoms with Gasteiger partial charge in [-0.25, -0.2) is 0 Å². The Balaban J connectivity index is 0.00000484. The number of carbonyl (C=O) groups excluding carboxylic acids is 2. The standard InChI is InChI=1S/C15H22ClN3O3.ClH/c1-5-8(2)18-14(20)9(3)19-15(21)10-6-11(16)12(17)7-13(10)22-4;/h6-9H,5,17H2,1-4H3,(H,18,20)(H,19,21);1H. The molecule has 0 spiro atoms. The molecule has 4 N–H and O–H groups in total. The van der Waals surface area contributed by atoms with Crippen LogP contribution in [-0.2, 0) is 4.79 Å². The monoisotopic (exact) mass is 363 g/mol. The zero-order chi connectivity index (χ0) is 16.9. The van der Waals surface area contributed by atoms with Crippen molar-refractivity contribution in [2.24, 2.45) is 0 Å². The number of nitrogens with two attached hydrogens (primary N) is 1. The minimum absolute atomic E-state index is 0. The SMILES string of the molecule is CCC(C)NC(=O)C(C)NC(=O)c1cc(Cl)c(N)cc1OC.Cl. The van der Waals surface area contributed by atoms with Crippen LogP contribution >= 0.6 is 24.0 Å². The summed E-state index contributed by atoms with van der Waals surface area (Å²) in [4.78, 5) is 24.2. The molecule has 0 fully saturated rings. The molecule has 0 saturated heterocycles. The first kappa shape index (κ1) is 21.3. The molecule has 1 aromatic carbocycles. The van der Waals surface area contributed by atoms with Crippen molar-refractivity contribution >= 4 is 41.5 Å². The number of rotatable bonds is 6. The Morgan fingerprint density at radius 1 is 1.30 bits per heavy atom. The Bertz CT molecular complexity index is 567. The molecular formula is C15H23Cl2N3O3. The molecule has 0 bridgehead atoms. The molecule has 0 aliphatic heterocycles. The number of hydrogen-bond donors (Lipinski definition) is 3. The van der Waals surface area contributed by atoms with Crippen molar-refractivity contribution in [2.75, 3.05) is 12.8 Å². The lowest BCUT2D eigenvalue weighted by Gasteiger charge is -2.18. The number of nitrogens with one attached hydrogen (secondary N) is 2. The smallest absolute Gasteiger partial charge is 0.255 e. The Kier molecular flexibility index (Phi) is 8.79. The second kappa shape index (κ2) is 9.47. The summed E-state index contributed by atoms with van der Waals surface area (Å²) in [5.41, 5.74) is 6.22. The van der Waals surface area contributed by atoms with E-state index in [-0.39, 0.29) is 34.9 Å². The molecule has 130 valence electrons. The molecule has 0 radical (unpaired) electrons. The number of amides is 2. The minimum atomic E-state index is -0.678. The molecule has 1 aromatic rings. The van der Waals surface area contributed by atoms with Gasteiger partial charge in [-0.2, -0.15) is 0 Å². The van der Waals surface area contributed by atoms with Crippen molar-refractivity contribution in [1.29, 1.82) is 0 Å². The molecule has 0 aliphatic carbocycles. The van der Waals surface area contributed by atoms with Gasteiger partial charge < -0.3 is 21.1 Å². The van der Waals surface area contributed by atoms with Gasteiger partial charge >= 0.3 is 0 Å². The fourth-order valence-corrected chi connectivity index (χ4v) is 1.89. The second-order valence-electron chi connectivity index (χ2n) is 5.09. The highest BCUT2D eigenvalue weighted by atomic mass is 35.5. The summed E-state index contributed by atoms with van der Waals surface area (Å²) in [7, 11) is 1.43. The average molecular weight is 364 g/mol. The topological polar surface area (TPSA) is 93.5 Å². The molecule has 2 amide bonds. The molecule has 0 heterocycles. The lowest BCUT2D eigenvalue weighted by Crippen LogP contribution is -2.47. The maximum atomic E-state index is 12.3. The van der Waals surface area contributed by atoms with Crippen LogP contribution in [0.1, 0.15) is 37.6 Å². The second-order valence-corrected chi connectivity index (χ2v) is 5.49. The van der Waals surface area contributed by atoms with E-state index in [0.717, 1.165) is 6.42 Å². The number of carbonyl (C=O) groups is 2. The first-order valence-corrected chi connectivity index (χ1v) is 7.42. The molecule has 0 aliphatic rings. The van der Waals surface area contributed by atoms with Crippen LogP contribution < -0.4 is 21.1 Å². The maximum Gasteiger partial charge on any atom is 0.255 e. The summed E-state index contributed by atoms with van der Waals surface area (Å²) >= 11 is 5.93. The Morgan fingerprint density at radius 2 is 1.91 bits per heavy atom. The third-order valence-corrected chi connectivity index (χ3v) is 3.63. The summed E-state index contributed by atoms with van der Waals surface area (Å²) in [6, 6.07) is 2.26. The van der Waals surface area contributed by atoms with Crippen molar-refractivity contribution in [3.8, 4) is 5.75 Å². The van der Waals surface area contributed by atoms with Gasteiger partial charge in [0.25, 0.3) is 5.91 Å². The van der Waals surface area contributed by atoms with E-state index in [1.54, 1.807) is 6.92 Å². The van der Waals surface area contributed by atoms with Crippen LogP contribution in [0.25, 0.3) is 0 Å². The predicted molar refractivity (Wildman–Crippen MR) is 94.5 cm³/mol. The number of benzene rings is 1. The molecule has 6 nitrogen and oxygen atoms in total. The summed E-state index contributed by atoms with van der Waals surface area (Å²) in [6.07, 6.45) is 0.813. The van der Waals surface area contributed by atoms with Gasteiger partial charge in [-0.1, -0.05) is 18.5 Å². The van der Waals surface area contributed by atoms with Crippen molar-refractivity contribution in [2.45, 2.75) is 39.3 Å². The fourth-order valence-electron chi connectivity index (χ4n) is 1.73. The Labute approximate surface area is 147 Å². The van der Waals surface area contributed by atoms with Crippen molar-refractivity contribution in [3.63, 3.8) is 0 Å². The van der Waals surface area contributed by atoms with Crippen LogP contribution in [0.3, 0.4) is 0 Å². The van der Waals surface area contributed by atoms with Crippen LogP contribution in [-0.4, -0.2) is 31.0 Å². The lowest BCUT2D eigenvalue weighted by molar-refractivity contribution is -0.123. The Morgan fingerprint density at radius 3 is 2.43 bits per heavy atom. The van der Waals surface area contributed by atoms with E-state index in [0.29, 0.717) is 11.4 Å². The molecule has 0 saturated carbocycles. The van der Waals surface area contributed by atoms with E-state index in [9.17, 15) is 9.59 Å². The van der Waals surface area contributed by atoms with Gasteiger partial charge in [-0.3, -0.25) is 9.59 Å². The number of anilines is 1. The van der Waals surface area contributed by atoms with Crippen LogP contribution in [0.5, 0.6) is 5.75 Å². The highest BCUT2D eigenvalue weighted by molar-refractivity contribution is 6.33. The van der Waals surface area contributed by atoms with Gasteiger partial charge in [-0.15, -0.1) is 12.4 Å². The van der Waals surface area contributed by atoms with Gasteiger partial charge in [0.1, 0.15) is 11.8 Å². The largest absolute Gasteiger partial charge is 0.496 e. The number of ether oxygens (including phenoxy) is 1. The molecule has 0 aromatic heterocycles. The van der Waals surface area contributed by atoms with Crippen molar-refractivity contribution in [3.05, 3.63) is 22.7 Å². The highest BCUT2D eigenvalue weighted by Crippen LogP contribution is 2.28. The zero-order valence-electron chi connectivity index (χ0n) is 13.6. The number of nitrogen functional groups attached to an aromatic ring is 1. The third kappa shape index (κ3) is 5.80. The van der Waals surface area contributed by atoms with Crippen molar-refractivity contribution in [1.82, 2.24) is 10.6 Å². The minimum Gasteiger partial charge on any atom is -0.496 e. The van der Waals surface area contributed by atoms with E-state index >= 15 is 0 Å². The summed E-state index contributed by atoms with van der Waals surface area (Å²) < 4.78 is 5.13. The molecule has 8 heteroatoms. The number of methoxy groups -OCH3 is 1. The zero-order valence-corrected chi connectivity index (χ0v) is 15.2. The van der Waals surface area contributed by atoms with Crippen molar-refractivity contribution < 1.29 is 14.3 Å². The third-order valence-electron chi connectivity index (χ3n) is 3.31. The molecular weight excluding hydrogens is 341 g/mol. The normalized spacial score (nSPS) is 12.6. The Hall–Kier alpha value is -1.66. The quantitative estimate of drug-likeness (QED) is 0.676. The molecule has 23 heavy (non-hydrogen) atoms. The maximum absolute atomic E-state index is 12.3. The van der Waals surface area contributed by atoms with Gasteiger partial charge in [-0.05, 0) is 26.3 Å². The van der Waals surface area contributed by atoms with E-state index in [1.165, 1.54) is 19.2 Å². The van der Waals surface area contributed by atoms with E-state index in [4.69, 9.17) is 22.1 Å². The molecule has 2 unspecified atom stereocenters. The van der Waals surface area contributed by atoms with Crippen LogP contribution in [0.2, 0.25) is 5.02 Å². The molecule has 2 atom stereocenters. The van der Waals surface area contributed by atoms with Gasteiger partial charge in [0, 0.05) is 12.1 Å². The first-order chi connectivity index (χ1) is 10.3. The molecule has 1 rings (SSSR count). The summed E-state index contributed by atoms with van der Waals surface area (Å²) in [5, 5.41) is 5.67. The number of halogens is 2. The number of hydrogen-bond acceptors (Lipinski definition) is 4. The van der Waals surface area contributed by atoms with Crippen LogP contribution in [0.4, 0.5) is 5.69 Å². The predicted octanol–water partition coefficient (Wildman–Crippen LogP) is 2.39. The van der Waals surface area contributed by atoms with Gasteiger partial charge in [0.2, 0.25) is 5.91 Å². The van der Waals surface area contributed by atoms with Gasteiger partial charge in [0.05, 0.1) is 23.4 Å². The van der Waals surface area contributed by atoms with Crippen LogP contribution in [0.15, 0.2) is 12.1 Å². The average Bonchev–Trinajstić information content (AvgIpc) is 2.48. The van der Waals surface area contributed by atoms with E-state index in [1.807, 2.05) is 13.8 Å². The van der Waals surface area contributed by atoms with E-state index < -0.39 is 11.9 Å². The first-order valence-electron chi connectivity index (χ1n) is 7.04. The highest BCUT2D eigenvalue weighted by Gasteiger charge is 2.21. The summed E-state index contributed by atoms with van der Waals surface area (Å²) in [5.74, 6) is -0.400. The van der Waals surface area contributed by atoms with Gasteiger partial charge in [0.15, 0.2) is 0 Å².